The van der Waals surface area contributed by atoms with Gasteiger partial charge >= 0.3 is 5.63 Å². The van der Waals surface area contributed by atoms with Gasteiger partial charge in [-0.1, -0.05) is 0 Å². The third-order valence-corrected chi connectivity index (χ3v) is 4.18. The van der Waals surface area contributed by atoms with Crippen molar-refractivity contribution in [3.8, 4) is 11.5 Å². The summed E-state index contributed by atoms with van der Waals surface area (Å²) in [6.07, 6.45) is 4.97. The summed E-state index contributed by atoms with van der Waals surface area (Å²) in [7, 11) is 0. The fourth-order valence-electron chi connectivity index (χ4n) is 3.07. The second-order valence-electron chi connectivity index (χ2n) is 5.77. The molecule has 2 heterocycles. The smallest absolute Gasteiger partial charge is 0.336 e. The van der Waals surface area contributed by atoms with Crippen molar-refractivity contribution in [1.82, 2.24) is 0 Å². The standard InChI is InChI=1S/C16H19NO4/c18-13-8-12-11(10-17-5-3-1-2-4-6-17)7-16(20)21-15(12)9-14(13)19/h7-9,18-19H,1-6,10H2/p+1. The van der Waals surface area contributed by atoms with E-state index in [0.29, 0.717) is 11.0 Å². The summed E-state index contributed by atoms with van der Waals surface area (Å²) in [6, 6.07) is 4.27. The summed E-state index contributed by atoms with van der Waals surface area (Å²) >= 11 is 0. The second kappa shape index (κ2) is 5.77. The number of phenolic OH excluding ortho intramolecular Hbond substituents is 2. The monoisotopic (exact) mass is 290 g/mol. The number of hydrogen-bond acceptors (Lipinski definition) is 4. The van der Waals surface area contributed by atoms with Crippen molar-refractivity contribution in [2.75, 3.05) is 13.1 Å². The van der Waals surface area contributed by atoms with Crippen molar-refractivity contribution in [3.63, 3.8) is 0 Å². The van der Waals surface area contributed by atoms with Gasteiger partial charge in [0.15, 0.2) is 11.5 Å². The molecular formula is C16H20NO4+. The van der Waals surface area contributed by atoms with E-state index in [-0.39, 0.29) is 11.5 Å². The van der Waals surface area contributed by atoms with Crippen molar-refractivity contribution >= 4 is 11.0 Å². The number of phenols is 2. The molecule has 1 fully saturated rings. The quantitative estimate of drug-likeness (QED) is 0.573. The first-order valence-electron chi connectivity index (χ1n) is 7.46. The number of quaternary nitrogens is 1. The van der Waals surface area contributed by atoms with E-state index >= 15 is 0 Å². The lowest BCUT2D eigenvalue weighted by molar-refractivity contribution is -0.913. The van der Waals surface area contributed by atoms with Crippen LogP contribution >= 0.6 is 0 Å². The van der Waals surface area contributed by atoms with Gasteiger partial charge in [-0.3, -0.25) is 0 Å². The Kier molecular flexibility index (Phi) is 3.84. The minimum atomic E-state index is -0.420. The zero-order chi connectivity index (χ0) is 14.8. The fourth-order valence-corrected chi connectivity index (χ4v) is 3.07. The van der Waals surface area contributed by atoms with Crippen LogP contribution in [0, 0.1) is 0 Å². The van der Waals surface area contributed by atoms with E-state index in [1.165, 1.54) is 48.8 Å². The van der Waals surface area contributed by atoms with Crippen LogP contribution in [0.25, 0.3) is 11.0 Å². The van der Waals surface area contributed by atoms with E-state index in [1.807, 2.05) is 0 Å². The molecule has 21 heavy (non-hydrogen) atoms. The van der Waals surface area contributed by atoms with Crippen LogP contribution in [0.15, 0.2) is 27.4 Å². The molecule has 112 valence electrons. The van der Waals surface area contributed by atoms with Crippen LogP contribution in [0.4, 0.5) is 0 Å². The van der Waals surface area contributed by atoms with Gasteiger partial charge in [-0.15, -0.1) is 0 Å². The van der Waals surface area contributed by atoms with E-state index in [0.717, 1.165) is 25.2 Å². The Labute approximate surface area is 122 Å². The lowest BCUT2D eigenvalue weighted by Gasteiger charge is -2.17. The van der Waals surface area contributed by atoms with Gasteiger partial charge in [0.1, 0.15) is 12.1 Å². The number of fused-ring (bicyclic) bond motifs is 1. The molecule has 0 spiro atoms. The molecule has 0 saturated carbocycles. The third-order valence-electron chi connectivity index (χ3n) is 4.18. The first kappa shape index (κ1) is 13.9. The van der Waals surface area contributed by atoms with Gasteiger partial charge in [-0.05, 0) is 31.7 Å². The number of hydrogen-bond donors (Lipinski definition) is 3. The third kappa shape index (κ3) is 3.03. The molecule has 3 rings (SSSR count). The van der Waals surface area contributed by atoms with E-state index in [1.54, 1.807) is 0 Å². The van der Waals surface area contributed by atoms with Gasteiger partial charge in [0.2, 0.25) is 0 Å². The summed E-state index contributed by atoms with van der Waals surface area (Å²) in [5, 5.41) is 19.9. The molecule has 0 atom stereocenters. The van der Waals surface area contributed by atoms with Crippen LogP contribution < -0.4 is 10.5 Å². The predicted molar refractivity (Wildman–Crippen MR) is 78.7 cm³/mol. The highest BCUT2D eigenvalue weighted by atomic mass is 16.4. The Morgan fingerprint density at radius 2 is 1.67 bits per heavy atom. The number of aromatic hydroxyl groups is 2. The topological polar surface area (TPSA) is 75.1 Å². The van der Waals surface area contributed by atoms with Crippen molar-refractivity contribution in [3.05, 3.63) is 34.2 Å². The fraction of sp³-hybridized carbons (Fsp3) is 0.438. The predicted octanol–water partition coefficient (Wildman–Crippen LogP) is 1.16. The molecule has 5 nitrogen and oxygen atoms in total. The Balaban J connectivity index is 2.00. The zero-order valence-corrected chi connectivity index (χ0v) is 11.9. The highest BCUT2D eigenvalue weighted by molar-refractivity contribution is 5.83. The maximum absolute atomic E-state index is 11.7. The average molecular weight is 290 g/mol. The van der Waals surface area contributed by atoms with Crippen LogP contribution in [0.1, 0.15) is 31.2 Å². The van der Waals surface area contributed by atoms with E-state index in [9.17, 15) is 15.0 Å². The highest BCUT2D eigenvalue weighted by Gasteiger charge is 2.17. The Morgan fingerprint density at radius 1 is 1.00 bits per heavy atom. The summed E-state index contributed by atoms with van der Waals surface area (Å²) in [5.74, 6) is -0.464. The van der Waals surface area contributed by atoms with Gasteiger partial charge in [0.25, 0.3) is 0 Å². The molecular weight excluding hydrogens is 270 g/mol. The molecule has 5 heteroatoms. The minimum Gasteiger partial charge on any atom is -0.504 e. The van der Waals surface area contributed by atoms with E-state index in [4.69, 9.17) is 4.42 Å². The number of rotatable bonds is 2. The molecule has 1 aliphatic rings. The largest absolute Gasteiger partial charge is 0.504 e. The molecule has 1 aromatic carbocycles. The molecule has 1 aliphatic heterocycles. The normalized spacial score (nSPS) is 17.0. The molecule has 0 aliphatic carbocycles. The van der Waals surface area contributed by atoms with Gasteiger partial charge in [-0.2, -0.15) is 0 Å². The van der Waals surface area contributed by atoms with Gasteiger partial charge < -0.3 is 19.5 Å². The van der Waals surface area contributed by atoms with Gasteiger partial charge in [0, 0.05) is 23.1 Å². The molecule has 0 bridgehead atoms. The Hall–Kier alpha value is -2.01. The summed E-state index contributed by atoms with van der Waals surface area (Å²) in [4.78, 5) is 13.1. The Bertz CT molecular complexity index is 699. The van der Waals surface area contributed by atoms with Gasteiger partial charge in [-0.25, -0.2) is 4.79 Å². The van der Waals surface area contributed by atoms with Crippen LogP contribution in [0.3, 0.4) is 0 Å². The lowest BCUT2D eigenvalue weighted by Crippen LogP contribution is -3.10. The van der Waals surface area contributed by atoms with Crippen LogP contribution in [-0.2, 0) is 6.54 Å². The zero-order valence-electron chi connectivity index (χ0n) is 11.9. The molecule has 0 amide bonds. The molecule has 2 aromatic rings. The molecule has 1 saturated heterocycles. The van der Waals surface area contributed by atoms with Crippen LogP contribution in [-0.4, -0.2) is 23.3 Å². The molecule has 1 aromatic heterocycles. The van der Waals surface area contributed by atoms with Crippen molar-refractivity contribution in [2.45, 2.75) is 32.2 Å². The summed E-state index contributed by atoms with van der Waals surface area (Å²) in [6.45, 7) is 2.95. The lowest BCUT2D eigenvalue weighted by atomic mass is 10.1. The molecule has 0 radical (unpaired) electrons. The summed E-state index contributed by atoms with van der Waals surface area (Å²) in [5.41, 5.74) is 0.771. The number of nitrogens with one attached hydrogen (secondary N) is 1. The second-order valence-corrected chi connectivity index (χ2v) is 5.77. The SMILES string of the molecule is O=c1cc(C[NH+]2CCCCCC2)c2cc(O)c(O)cc2o1. The molecule has 3 N–H and O–H groups in total. The van der Waals surface area contributed by atoms with Crippen LogP contribution in [0.2, 0.25) is 0 Å². The Morgan fingerprint density at radius 3 is 2.38 bits per heavy atom. The van der Waals surface area contributed by atoms with Crippen molar-refractivity contribution < 1.29 is 19.5 Å². The minimum absolute atomic E-state index is 0.191. The highest BCUT2D eigenvalue weighted by Crippen LogP contribution is 2.30. The van der Waals surface area contributed by atoms with Crippen molar-refractivity contribution in [2.24, 2.45) is 0 Å². The van der Waals surface area contributed by atoms with Gasteiger partial charge in [0.05, 0.1) is 13.1 Å². The average Bonchev–Trinajstić information content (AvgIpc) is 2.69. The van der Waals surface area contributed by atoms with Crippen molar-refractivity contribution in [1.29, 1.82) is 0 Å². The number of benzene rings is 1. The first-order valence-corrected chi connectivity index (χ1v) is 7.46. The maximum atomic E-state index is 11.7. The molecule has 0 unspecified atom stereocenters. The summed E-state index contributed by atoms with van der Waals surface area (Å²) < 4.78 is 5.12. The first-order chi connectivity index (χ1) is 10.1. The van der Waals surface area contributed by atoms with E-state index < -0.39 is 5.63 Å². The number of likely N-dealkylation sites (tertiary alicyclic amines) is 1. The van der Waals surface area contributed by atoms with Crippen LogP contribution in [0.5, 0.6) is 11.5 Å². The van der Waals surface area contributed by atoms with E-state index in [2.05, 4.69) is 0 Å². The maximum Gasteiger partial charge on any atom is 0.336 e.